The Balaban J connectivity index is 2.13. The predicted octanol–water partition coefficient (Wildman–Crippen LogP) is 5.05. The largest absolute Gasteiger partial charge is 0.324 e. The van der Waals surface area contributed by atoms with Gasteiger partial charge in [-0.2, -0.15) is 0 Å². The van der Waals surface area contributed by atoms with Crippen molar-refractivity contribution in [3.63, 3.8) is 0 Å². The summed E-state index contributed by atoms with van der Waals surface area (Å²) in [6, 6.07) is 10.6. The molecule has 1 N–H and O–H groups in total. The van der Waals surface area contributed by atoms with E-state index < -0.39 is 17.1 Å². The van der Waals surface area contributed by atoms with E-state index in [1.807, 2.05) is 0 Å². The highest BCUT2D eigenvalue weighted by atomic mass is 35.5. The molecule has 0 aromatic heterocycles. The van der Waals surface area contributed by atoms with Crippen LogP contribution in [-0.4, -0.2) is 5.91 Å². The monoisotopic (exact) mass is 331 g/mol. The SMILES string of the molecule is O=C(Nc1ccc(F)c(Cl)c1)C(Cl)c1cccc(Cl)c1. The van der Waals surface area contributed by atoms with Crippen LogP contribution >= 0.6 is 34.8 Å². The molecule has 0 saturated carbocycles. The van der Waals surface area contributed by atoms with Crippen molar-refractivity contribution in [1.29, 1.82) is 0 Å². The lowest BCUT2D eigenvalue weighted by Crippen LogP contribution is -2.17. The fourth-order valence-electron chi connectivity index (χ4n) is 1.60. The molecule has 0 aliphatic carbocycles. The van der Waals surface area contributed by atoms with Crippen molar-refractivity contribution >= 4 is 46.4 Å². The highest BCUT2D eigenvalue weighted by molar-refractivity contribution is 6.34. The second-order valence-electron chi connectivity index (χ2n) is 4.04. The van der Waals surface area contributed by atoms with Crippen LogP contribution in [0.3, 0.4) is 0 Å². The van der Waals surface area contributed by atoms with Crippen LogP contribution in [0, 0.1) is 5.82 Å². The Hall–Kier alpha value is -1.29. The van der Waals surface area contributed by atoms with Gasteiger partial charge in [0.05, 0.1) is 5.02 Å². The lowest BCUT2D eigenvalue weighted by atomic mass is 10.1. The van der Waals surface area contributed by atoms with Crippen LogP contribution in [-0.2, 0) is 4.79 Å². The number of hydrogen-bond donors (Lipinski definition) is 1. The Morgan fingerprint density at radius 1 is 1.15 bits per heavy atom. The molecule has 0 spiro atoms. The van der Waals surface area contributed by atoms with E-state index in [0.717, 1.165) is 0 Å². The van der Waals surface area contributed by atoms with E-state index in [0.29, 0.717) is 16.3 Å². The maximum absolute atomic E-state index is 13.0. The molecule has 6 heteroatoms. The lowest BCUT2D eigenvalue weighted by molar-refractivity contribution is -0.116. The van der Waals surface area contributed by atoms with Gasteiger partial charge in [0.1, 0.15) is 11.2 Å². The van der Waals surface area contributed by atoms with Gasteiger partial charge in [-0.25, -0.2) is 4.39 Å². The molecular formula is C14H9Cl3FNO. The maximum Gasteiger partial charge on any atom is 0.246 e. The van der Waals surface area contributed by atoms with Gasteiger partial charge in [-0.05, 0) is 35.9 Å². The Bertz CT molecular complexity index is 648. The lowest BCUT2D eigenvalue weighted by Gasteiger charge is -2.11. The van der Waals surface area contributed by atoms with Crippen molar-refractivity contribution < 1.29 is 9.18 Å². The standard InChI is InChI=1S/C14H9Cl3FNO/c15-9-3-1-2-8(6-9)13(17)14(20)19-10-4-5-12(18)11(16)7-10/h1-7,13H,(H,19,20). The molecular weight excluding hydrogens is 324 g/mol. The van der Waals surface area contributed by atoms with Crippen molar-refractivity contribution in [2.24, 2.45) is 0 Å². The van der Waals surface area contributed by atoms with E-state index >= 15 is 0 Å². The predicted molar refractivity (Wildman–Crippen MR) is 80.1 cm³/mol. The van der Waals surface area contributed by atoms with Crippen LogP contribution in [0.5, 0.6) is 0 Å². The molecule has 0 radical (unpaired) electrons. The molecule has 0 heterocycles. The van der Waals surface area contributed by atoms with Gasteiger partial charge in [0.15, 0.2) is 0 Å². The minimum atomic E-state index is -0.905. The van der Waals surface area contributed by atoms with E-state index in [2.05, 4.69) is 5.32 Å². The average molecular weight is 333 g/mol. The average Bonchev–Trinajstić information content (AvgIpc) is 2.42. The van der Waals surface area contributed by atoms with Gasteiger partial charge < -0.3 is 5.32 Å². The molecule has 0 aliphatic rings. The minimum absolute atomic E-state index is 0.0725. The summed E-state index contributed by atoms with van der Waals surface area (Å²) in [5.74, 6) is -1.00. The number of carbonyl (C=O) groups excluding carboxylic acids is 1. The van der Waals surface area contributed by atoms with Crippen LogP contribution in [0.4, 0.5) is 10.1 Å². The molecule has 2 nitrogen and oxygen atoms in total. The van der Waals surface area contributed by atoms with Crippen LogP contribution in [0.25, 0.3) is 0 Å². The highest BCUT2D eigenvalue weighted by Gasteiger charge is 2.18. The number of rotatable bonds is 3. The van der Waals surface area contributed by atoms with Crippen LogP contribution in [0.2, 0.25) is 10.0 Å². The summed E-state index contributed by atoms with van der Waals surface area (Å²) >= 11 is 17.6. The smallest absolute Gasteiger partial charge is 0.246 e. The van der Waals surface area contributed by atoms with Gasteiger partial charge in [0.25, 0.3) is 0 Å². The first kappa shape index (κ1) is 15.1. The summed E-state index contributed by atoms with van der Waals surface area (Å²) in [6.45, 7) is 0. The number of hydrogen-bond acceptors (Lipinski definition) is 1. The molecule has 2 aromatic carbocycles. The fourth-order valence-corrected chi connectivity index (χ4v) is 2.16. The first-order valence-corrected chi connectivity index (χ1v) is 6.82. The van der Waals surface area contributed by atoms with E-state index in [1.54, 1.807) is 24.3 Å². The van der Waals surface area contributed by atoms with Crippen molar-refractivity contribution in [3.8, 4) is 0 Å². The maximum atomic E-state index is 13.0. The summed E-state index contributed by atoms with van der Waals surface area (Å²) in [7, 11) is 0. The molecule has 0 bridgehead atoms. The Kier molecular flexibility index (Phi) is 4.86. The van der Waals surface area contributed by atoms with Crippen LogP contribution < -0.4 is 5.32 Å². The Labute approximate surface area is 130 Å². The molecule has 1 unspecified atom stereocenters. The van der Waals surface area contributed by atoms with E-state index in [1.165, 1.54) is 18.2 Å². The molecule has 1 amide bonds. The molecule has 104 valence electrons. The number of anilines is 1. The number of alkyl halides is 1. The van der Waals surface area contributed by atoms with E-state index in [-0.39, 0.29) is 5.02 Å². The third kappa shape index (κ3) is 3.63. The number of carbonyl (C=O) groups is 1. The normalized spacial score (nSPS) is 12.0. The van der Waals surface area contributed by atoms with Crippen molar-refractivity contribution in [1.82, 2.24) is 0 Å². The Morgan fingerprint density at radius 2 is 1.90 bits per heavy atom. The molecule has 20 heavy (non-hydrogen) atoms. The quantitative estimate of drug-likeness (QED) is 0.783. The van der Waals surface area contributed by atoms with Gasteiger partial charge >= 0.3 is 0 Å². The molecule has 0 fully saturated rings. The second kappa shape index (κ2) is 6.44. The summed E-state index contributed by atoms with van der Waals surface area (Å²) in [5.41, 5.74) is 0.943. The third-order valence-electron chi connectivity index (χ3n) is 2.56. The molecule has 1 atom stereocenters. The second-order valence-corrected chi connectivity index (χ2v) is 5.32. The third-order valence-corrected chi connectivity index (χ3v) is 3.53. The van der Waals surface area contributed by atoms with Gasteiger partial charge in [-0.15, -0.1) is 11.6 Å². The van der Waals surface area contributed by atoms with Crippen LogP contribution in [0.15, 0.2) is 42.5 Å². The summed E-state index contributed by atoms with van der Waals surface area (Å²) in [5, 5.41) is 2.08. The van der Waals surface area contributed by atoms with Crippen molar-refractivity contribution in [2.45, 2.75) is 5.38 Å². The van der Waals surface area contributed by atoms with Crippen molar-refractivity contribution in [2.75, 3.05) is 5.32 Å². The first-order valence-electron chi connectivity index (χ1n) is 5.63. The molecule has 0 saturated heterocycles. The fraction of sp³-hybridized carbons (Fsp3) is 0.0714. The zero-order valence-corrected chi connectivity index (χ0v) is 12.3. The molecule has 2 rings (SSSR count). The number of halogens is 4. The first-order chi connectivity index (χ1) is 9.47. The zero-order chi connectivity index (χ0) is 14.7. The Morgan fingerprint density at radius 3 is 2.55 bits per heavy atom. The number of nitrogens with one attached hydrogen (secondary N) is 1. The number of amides is 1. The van der Waals surface area contributed by atoms with Gasteiger partial charge in [0.2, 0.25) is 5.91 Å². The summed E-state index contributed by atoms with van der Waals surface area (Å²) < 4.78 is 13.0. The number of benzene rings is 2. The van der Waals surface area contributed by atoms with Gasteiger partial charge in [-0.3, -0.25) is 4.79 Å². The summed E-state index contributed by atoms with van der Waals surface area (Å²) in [4.78, 5) is 12.0. The highest BCUT2D eigenvalue weighted by Crippen LogP contribution is 2.26. The minimum Gasteiger partial charge on any atom is -0.324 e. The van der Waals surface area contributed by atoms with E-state index in [9.17, 15) is 9.18 Å². The zero-order valence-electron chi connectivity index (χ0n) is 10.0. The topological polar surface area (TPSA) is 29.1 Å². The van der Waals surface area contributed by atoms with Gasteiger partial charge in [-0.1, -0.05) is 35.3 Å². The summed E-state index contributed by atoms with van der Waals surface area (Å²) in [6.07, 6.45) is 0. The van der Waals surface area contributed by atoms with E-state index in [4.69, 9.17) is 34.8 Å². The molecule has 0 aliphatic heterocycles. The van der Waals surface area contributed by atoms with Gasteiger partial charge in [0, 0.05) is 10.7 Å². The molecule has 2 aromatic rings. The van der Waals surface area contributed by atoms with Crippen LogP contribution in [0.1, 0.15) is 10.9 Å². The van der Waals surface area contributed by atoms with Crippen molar-refractivity contribution in [3.05, 3.63) is 63.9 Å².